The van der Waals surface area contributed by atoms with Crippen molar-refractivity contribution in [2.24, 2.45) is 5.92 Å². The summed E-state index contributed by atoms with van der Waals surface area (Å²) in [4.78, 5) is 30.2. The second-order valence-corrected chi connectivity index (χ2v) is 9.95. The number of rotatable bonds is 11. The van der Waals surface area contributed by atoms with E-state index in [1.807, 2.05) is 30.3 Å². The third kappa shape index (κ3) is 6.48. The molecule has 202 valence electrons. The largest absolute Gasteiger partial charge is 0.493 e. The average molecular weight is 521 g/mol. The zero-order valence-electron chi connectivity index (χ0n) is 22.5. The number of anilines is 1. The van der Waals surface area contributed by atoms with E-state index in [2.05, 4.69) is 34.6 Å². The molecule has 4 rings (SSSR count). The summed E-state index contributed by atoms with van der Waals surface area (Å²) in [5, 5.41) is 15.9. The number of carbonyl (C=O) groups is 2. The van der Waals surface area contributed by atoms with Gasteiger partial charge in [0.1, 0.15) is 12.6 Å². The minimum Gasteiger partial charge on any atom is -0.493 e. The molecule has 1 aromatic heterocycles. The number of ether oxygens (including phenoxy) is 2. The number of aromatic nitrogens is 4. The van der Waals surface area contributed by atoms with Gasteiger partial charge in [-0.15, -0.1) is 10.2 Å². The Morgan fingerprint density at radius 2 is 1.76 bits per heavy atom. The normalized spacial score (nSPS) is 14.3. The molecule has 10 nitrogen and oxygen atoms in total. The van der Waals surface area contributed by atoms with Gasteiger partial charge in [0.05, 0.1) is 14.2 Å². The number of nitrogens with one attached hydrogen (secondary N) is 1. The molecule has 0 spiro atoms. The monoisotopic (exact) mass is 520 g/mol. The summed E-state index contributed by atoms with van der Waals surface area (Å²) in [6, 6.07) is 14.1. The van der Waals surface area contributed by atoms with Crippen molar-refractivity contribution in [3.63, 3.8) is 0 Å². The molecule has 1 saturated carbocycles. The van der Waals surface area contributed by atoms with Crippen LogP contribution in [0.4, 0.5) is 5.69 Å². The molecule has 3 aromatic rings. The van der Waals surface area contributed by atoms with Crippen LogP contribution in [0, 0.1) is 5.92 Å². The molecular formula is C28H36N6O4. The first-order valence-corrected chi connectivity index (χ1v) is 13.1. The van der Waals surface area contributed by atoms with Gasteiger partial charge in [-0.1, -0.05) is 44.9 Å². The maximum Gasteiger partial charge on any atom is 0.251 e. The molecular weight excluding hydrogens is 484 g/mol. The summed E-state index contributed by atoms with van der Waals surface area (Å²) >= 11 is 0. The Morgan fingerprint density at radius 1 is 1.05 bits per heavy atom. The maximum atomic E-state index is 13.8. The van der Waals surface area contributed by atoms with E-state index in [-0.39, 0.29) is 30.3 Å². The lowest BCUT2D eigenvalue weighted by atomic mass is 10.00. The van der Waals surface area contributed by atoms with Crippen molar-refractivity contribution in [3.05, 3.63) is 48.5 Å². The molecule has 0 bridgehead atoms. The van der Waals surface area contributed by atoms with E-state index >= 15 is 0 Å². The van der Waals surface area contributed by atoms with Gasteiger partial charge in [0.2, 0.25) is 11.7 Å². The molecule has 0 unspecified atom stereocenters. The molecule has 1 heterocycles. The zero-order chi connectivity index (χ0) is 27.1. The maximum absolute atomic E-state index is 13.8. The van der Waals surface area contributed by atoms with E-state index in [0.717, 1.165) is 25.7 Å². The number of tetrazole rings is 1. The van der Waals surface area contributed by atoms with Crippen molar-refractivity contribution in [2.45, 2.75) is 64.6 Å². The van der Waals surface area contributed by atoms with Gasteiger partial charge >= 0.3 is 0 Å². The average Bonchev–Trinajstić information content (AvgIpc) is 3.60. The molecule has 1 atom stereocenters. The minimum atomic E-state index is -0.653. The van der Waals surface area contributed by atoms with Crippen molar-refractivity contribution >= 4 is 17.5 Å². The Balaban J connectivity index is 1.59. The van der Waals surface area contributed by atoms with Crippen molar-refractivity contribution in [1.82, 2.24) is 25.5 Å². The number of para-hydroxylation sites is 1. The minimum absolute atomic E-state index is 0.125. The molecule has 10 heteroatoms. The summed E-state index contributed by atoms with van der Waals surface area (Å²) < 4.78 is 10.7. The third-order valence-corrected chi connectivity index (χ3v) is 6.68. The van der Waals surface area contributed by atoms with Crippen molar-refractivity contribution in [2.75, 3.05) is 19.1 Å². The van der Waals surface area contributed by atoms with Crippen LogP contribution in [0.25, 0.3) is 11.4 Å². The van der Waals surface area contributed by atoms with Crippen LogP contribution in [-0.2, 0) is 16.1 Å². The van der Waals surface area contributed by atoms with E-state index in [1.54, 1.807) is 37.3 Å². The van der Waals surface area contributed by atoms with E-state index in [0.29, 0.717) is 35.0 Å². The number of hydrogen-bond acceptors (Lipinski definition) is 7. The van der Waals surface area contributed by atoms with Gasteiger partial charge in [-0.05, 0) is 60.7 Å². The van der Waals surface area contributed by atoms with Crippen LogP contribution in [0.3, 0.4) is 0 Å². The molecule has 1 N–H and O–H groups in total. The van der Waals surface area contributed by atoms with Gasteiger partial charge in [0, 0.05) is 17.3 Å². The van der Waals surface area contributed by atoms with Crippen molar-refractivity contribution in [1.29, 1.82) is 0 Å². The fourth-order valence-corrected chi connectivity index (χ4v) is 4.83. The number of methoxy groups -OCH3 is 2. The first-order chi connectivity index (χ1) is 18.4. The molecule has 38 heavy (non-hydrogen) atoms. The van der Waals surface area contributed by atoms with E-state index in [1.165, 1.54) is 4.80 Å². The smallest absolute Gasteiger partial charge is 0.251 e. The Labute approximate surface area is 223 Å². The Bertz CT molecular complexity index is 1220. The fraction of sp³-hybridized carbons (Fsp3) is 0.464. The molecule has 1 fully saturated rings. The lowest BCUT2D eigenvalue weighted by Crippen LogP contribution is -2.53. The topological polar surface area (TPSA) is 111 Å². The SMILES string of the molecule is COc1ccc(-c2nnn(CC(=O)N(c3ccccc3)[C@@H](CC(C)C)C(=O)NC3CCCC3)n2)cc1OC. The van der Waals surface area contributed by atoms with Crippen LogP contribution in [0.2, 0.25) is 0 Å². The van der Waals surface area contributed by atoms with Crippen LogP contribution >= 0.6 is 0 Å². The van der Waals surface area contributed by atoms with Crippen LogP contribution < -0.4 is 19.7 Å². The molecule has 0 saturated heterocycles. The van der Waals surface area contributed by atoms with Crippen LogP contribution in [-0.4, -0.2) is 58.3 Å². The summed E-state index contributed by atoms with van der Waals surface area (Å²) in [7, 11) is 3.12. The van der Waals surface area contributed by atoms with Crippen molar-refractivity contribution in [3.8, 4) is 22.9 Å². The van der Waals surface area contributed by atoms with Gasteiger partial charge in [-0.2, -0.15) is 4.80 Å². The number of carbonyl (C=O) groups excluding carboxylic acids is 2. The molecule has 0 aliphatic heterocycles. The lowest BCUT2D eigenvalue weighted by Gasteiger charge is -2.33. The van der Waals surface area contributed by atoms with Gasteiger partial charge in [0.15, 0.2) is 11.5 Å². The number of amides is 2. The molecule has 1 aliphatic carbocycles. The van der Waals surface area contributed by atoms with Crippen LogP contribution in [0.1, 0.15) is 46.0 Å². The second kappa shape index (κ2) is 12.5. The highest BCUT2D eigenvalue weighted by Gasteiger charge is 2.33. The first-order valence-electron chi connectivity index (χ1n) is 13.1. The predicted octanol–water partition coefficient (Wildman–Crippen LogP) is 3.86. The van der Waals surface area contributed by atoms with Crippen LogP contribution in [0.15, 0.2) is 48.5 Å². The van der Waals surface area contributed by atoms with E-state index in [4.69, 9.17) is 9.47 Å². The Kier molecular flexibility index (Phi) is 8.93. The highest BCUT2D eigenvalue weighted by atomic mass is 16.5. The zero-order valence-corrected chi connectivity index (χ0v) is 22.5. The Morgan fingerprint density at radius 3 is 2.42 bits per heavy atom. The van der Waals surface area contributed by atoms with Gasteiger partial charge in [0.25, 0.3) is 5.91 Å². The molecule has 2 aromatic carbocycles. The fourth-order valence-electron chi connectivity index (χ4n) is 4.83. The highest BCUT2D eigenvalue weighted by Crippen LogP contribution is 2.31. The third-order valence-electron chi connectivity index (χ3n) is 6.68. The standard InChI is InChI=1S/C28H36N6O4/c1-19(2)16-23(28(36)29-21-10-8-9-11-21)34(22-12-6-5-7-13-22)26(35)18-33-31-27(30-32-33)20-14-15-24(37-3)25(17-20)38-4/h5-7,12-15,17,19,21,23H,8-11,16,18H2,1-4H3,(H,29,36)/t23-/m0/s1. The van der Waals surface area contributed by atoms with E-state index < -0.39 is 6.04 Å². The summed E-state index contributed by atoms with van der Waals surface area (Å²) in [5.74, 6) is 1.26. The summed E-state index contributed by atoms with van der Waals surface area (Å²) in [6.07, 6.45) is 4.70. The summed E-state index contributed by atoms with van der Waals surface area (Å²) in [5.41, 5.74) is 1.33. The Hall–Kier alpha value is -3.95. The molecule has 0 radical (unpaired) electrons. The molecule has 2 amide bonds. The van der Waals surface area contributed by atoms with Gasteiger partial charge < -0.3 is 14.8 Å². The highest BCUT2D eigenvalue weighted by molar-refractivity contribution is 6.00. The molecule has 1 aliphatic rings. The number of hydrogen-bond donors (Lipinski definition) is 1. The van der Waals surface area contributed by atoms with Gasteiger partial charge in [-0.25, -0.2) is 0 Å². The number of benzene rings is 2. The van der Waals surface area contributed by atoms with Crippen LogP contribution in [0.5, 0.6) is 11.5 Å². The van der Waals surface area contributed by atoms with Gasteiger partial charge in [-0.3, -0.25) is 14.5 Å². The van der Waals surface area contributed by atoms with Crippen molar-refractivity contribution < 1.29 is 19.1 Å². The summed E-state index contributed by atoms with van der Waals surface area (Å²) in [6.45, 7) is 3.94. The predicted molar refractivity (Wildman–Crippen MR) is 144 cm³/mol. The van der Waals surface area contributed by atoms with E-state index in [9.17, 15) is 9.59 Å². The number of nitrogens with zero attached hydrogens (tertiary/aromatic N) is 5. The lowest BCUT2D eigenvalue weighted by molar-refractivity contribution is -0.127. The second-order valence-electron chi connectivity index (χ2n) is 9.95. The first kappa shape index (κ1) is 27.1. The quantitative estimate of drug-likeness (QED) is 0.409.